The summed E-state index contributed by atoms with van der Waals surface area (Å²) in [7, 11) is 1.53. The highest BCUT2D eigenvalue weighted by Gasteiger charge is 2.35. The molecule has 4 nitrogen and oxygen atoms in total. The number of nitrogens with one attached hydrogen (secondary N) is 1. The van der Waals surface area contributed by atoms with E-state index in [2.05, 4.69) is 5.32 Å². The van der Waals surface area contributed by atoms with Crippen LogP contribution >= 0.6 is 0 Å². The van der Waals surface area contributed by atoms with Crippen LogP contribution in [0.2, 0.25) is 0 Å². The molecule has 1 fully saturated rings. The van der Waals surface area contributed by atoms with Gasteiger partial charge in [-0.15, -0.1) is 0 Å². The molecule has 1 aliphatic rings. The second-order valence-corrected chi connectivity index (χ2v) is 3.12. The van der Waals surface area contributed by atoms with Crippen molar-refractivity contribution in [3.63, 3.8) is 0 Å². The van der Waals surface area contributed by atoms with Crippen LogP contribution in [0.4, 0.5) is 9.18 Å². The fourth-order valence-corrected chi connectivity index (χ4v) is 1.33. The Morgan fingerprint density at radius 1 is 1.62 bits per heavy atom. The van der Waals surface area contributed by atoms with Crippen molar-refractivity contribution in [3.05, 3.63) is 0 Å². The van der Waals surface area contributed by atoms with Gasteiger partial charge in [-0.05, 0) is 0 Å². The zero-order valence-electron chi connectivity index (χ0n) is 7.51. The molecule has 0 bridgehead atoms. The van der Waals surface area contributed by atoms with Crippen molar-refractivity contribution < 1.29 is 9.18 Å². The molecule has 1 saturated heterocycles. The third-order valence-corrected chi connectivity index (χ3v) is 2.26. The average molecular weight is 185 g/mol. The highest BCUT2D eigenvalue weighted by Crippen LogP contribution is 2.25. The summed E-state index contributed by atoms with van der Waals surface area (Å²) in [5.41, 5.74) is -1.73. The molecule has 1 rings (SSSR count). The number of nitriles is 1. The largest absolute Gasteiger partial charge is 0.341 e. The summed E-state index contributed by atoms with van der Waals surface area (Å²) >= 11 is 0. The van der Waals surface area contributed by atoms with E-state index in [0.29, 0.717) is 13.1 Å². The number of hydrogen-bond donors (Lipinski definition) is 1. The molecule has 0 aromatic rings. The second kappa shape index (κ2) is 3.60. The van der Waals surface area contributed by atoms with Crippen molar-refractivity contribution in [1.29, 1.82) is 5.26 Å². The van der Waals surface area contributed by atoms with Crippen LogP contribution in [0.1, 0.15) is 12.8 Å². The summed E-state index contributed by atoms with van der Waals surface area (Å²) in [6.07, 6.45) is 0.216. The Kier molecular flexibility index (Phi) is 2.71. The molecule has 1 aliphatic heterocycles. The molecule has 0 unspecified atom stereocenters. The third-order valence-electron chi connectivity index (χ3n) is 2.26. The fourth-order valence-electron chi connectivity index (χ4n) is 1.33. The number of halogens is 1. The number of likely N-dealkylation sites (tertiary alicyclic amines) is 1. The maximum absolute atomic E-state index is 13.3. The minimum absolute atomic E-state index is 0.108. The van der Waals surface area contributed by atoms with E-state index in [9.17, 15) is 9.18 Å². The number of hydrogen-bond acceptors (Lipinski definition) is 2. The number of urea groups is 1. The summed E-state index contributed by atoms with van der Waals surface area (Å²) in [5, 5.41) is 10.9. The quantitative estimate of drug-likeness (QED) is 0.602. The Morgan fingerprint density at radius 2 is 2.15 bits per heavy atom. The van der Waals surface area contributed by atoms with Gasteiger partial charge in [-0.3, -0.25) is 0 Å². The SMILES string of the molecule is CNC(=O)N1CCC(F)(C#N)CC1. The zero-order chi connectivity index (χ0) is 9.90. The van der Waals surface area contributed by atoms with E-state index in [1.54, 1.807) is 6.07 Å². The zero-order valence-corrected chi connectivity index (χ0v) is 7.51. The summed E-state index contributed by atoms with van der Waals surface area (Å²) in [6, 6.07) is 1.42. The van der Waals surface area contributed by atoms with Crippen LogP contribution in [0.15, 0.2) is 0 Å². The topological polar surface area (TPSA) is 56.1 Å². The van der Waals surface area contributed by atoms with Gasteiger partial charge in [-0.1, -0.05) is 0 Å². The first-order valence-electron chi connectivity index (χ1n) is 4.18. The molecular formula is C8H12FN3O. The predicted octanol–water partition coefficient (Wildman–Crippen LogP) is 0.653. The minimum atomic E-state index is -1.73. The molecule has 0 aliphatic carbocycles. The molecule has 0 aromatic heterocycles. The molecule has 13 heavy (non-hydrogen) atoms. The Labute approximate surface area is 76.3 Å². The van der Waals surface area contributed by atoms with Gasteiger partial charge in [0.05, 0.1) is 0 Å². The van der Waals surface area contributed by atoms with Gasteiger partial charge < -0.3 is 10.2 Å². The van der Waals surface area contributed by atoms with Gasteiger partial charge in [0.25, 0.3) is 0 Å². The van der Waals surface area contributed by atoms with E-state index >= 15 is 0 Å². The van der Waals surface area contributed by atoms with Crippen molar-refractivity contribution >= 4 is 6.03 Å². The van der Waals surface area contributed by atoms with Gasteiger partial charge in [-0.25, -0.2) is 9.18 Å². The smallest absolute Gasteiger partial charge is 0.317 e. The van der Waals surface area contributed by atoms with Crippen LogP contribution in [0, 0.1) is 11.3 Å². The lowest BCUT2D eigenvalue weighted by Crippen LogP contribution is -2.47. The van der Waals surface area contributed by atoms with Crippen LogP contribution in [-0.2, 0) is 0 Å². The maximum atomic E-state index is 13.3. The van der Waals surface area contributed by atoms with E-state index in [0.717, 1.165) is 0 Å². The number of carbonyl (C=O) groups is 1. The number of amides is 2. The summed E-state index contributed by atoms with van der Waals surface area (Å²) in [4.78, 5) is 12.6. The molecule has 72 valence electrons. The predicted molar refractivity (Wildman–Crippen MR) is 44.7 cm³/mol. The number of rotatable bonds is 0. The minimum Gasteiger partial charge on any atom is -0.341 e. The number of piperidine rings is 1. The van der Waals surface area contributed by atoms with Gasteiger partial charge >= 0.3 is 6.03 Å². The summed E-state index contributed by atoms with van der Waals surface area (Å²) in [5.74, 6) is 0. The normalized spacial score (nSPS) is 20.5. The Hall–Kier alpha value is -1.31. The number of carbonyl (C=O) groups excluding carboxylic acids is 1. The molecule has 1 heterocycles. The first kappa shape index (κ1) is 9.78. The van der Waals surface area contributed by atoms with Crippen LogP contribution < -0.4 is 5.32 Å². The Balaban J connectivity index is 2.49. The standard InChI is InChI=1S/C8H12FN3O/c1-11-7(13)12-4-2-8(9,6-10)3-5-12/h2-5H2,1H3,(H,11,13). The maximum Gasteiger partial charge on any atom is 0.317 e. The third kappa shape index (κ3) is 2.08. The molecule has 0 radical (unpaired) electrons. The van der Waals surface area contributed by atoms with Crippen LogP contribution in [0.5, 0.6) is 0 Å². The van der Waals surface area contributed by atoms with E-state index in [-0.39, 0.29) is 18.9 Å². The molecule has 5 heteroatoms. The van der Waals surface area contributed by atoms with Crippen molar-refractivity contribution in [2.45, 2.75) is 18.5 Å². The molecule has 0 saturated carbocycles. The number of nitrogens with zero attached hydrogens (tertiary/aromatic N) is 2. The lowest BCUT2D eigenvalue weighted by molar-refractivity contribution is 0.115. The van der Waals surface area contributed by atoms with E-state index < -0.39 is 5.67 Å². The van der Waals surface area contributed by atoms with Gasteiger partial charge in [-0.2, -0.15) is 5.26 Å². The monoisotopic (exact) mass is 185 g/mol. The first-order chi connectivity index (χ1) is 6.11. The van der Waals surface area contributed by atoms with Crippen molar-refractivity contribution in [2.75, 3.05) is 20.1 Å². The van der Waals surface area contributed by atoms with Crippen molar-refractivity contribution in [2.24, 2.45) is 0 Å². The fraction of sp³-hybridized carbons (Fsp3) is 0.750. The van der Waals surface area contributed by atoms with E-state index in [1.807, 2.05) is 0 Å². The highest BCUT2D eigenvalue weighted by molar-refractivity contribution is 5.73. The molecular weight excluding hydrogens is 173 g/mol. The van der Waals surface area contributed by atoms with Gasteiger partial charge in [0.2, 0.25) is 0 Å². The Morgan fingerprint density at radius 3 is 2.54 bits per heavy atom. The lowest BCUT2D eigenvalue weighted by atomic mass is 9.95. The van der Waals surface area contributed by atoms with E-state index in [1.165, 1.54) is 11.9 Å². The van der Waals surface area contributed by atoms with Crippen LogP contribution in [0.3, 0.4) is 0 Å². The molecule has 1 N–H and O–H groups in total. The molecule has 0 aromatic carbocycles. The molecule has 2 amide bonds. The van der Waals surface area contributed by atoms with Crippen molar-refractivity contribution in [1.82, 2.24) is 10.2 Å². The number of alkyl halides is 1. The van der Waals surface area contributed by atoms with Crippen molar-refractivity contribution in [3.8, 4) is 6.07 Å². The van der Waals surface area contributed by atoms with Gasteiger partial charge in [0, 0.05) is 33.0 Å². The average Bonchev–Trinajstić information content (AvgIpc) is 2.18. The molecule has 0 atom stereocenters. The van der Waals surface area contributed by atoms with Crippen LogP contribution in [-0.4, -0.2) is 36.7 Å². The van der Waals surface area contributed by atoms with E-state index in [4.69, 9.17) is 5.26 Å². The highest BCUT2D eigenvalue weighted by atomic mass is 19.1. The lowest BCUT2D eigenvalue weighted by Gasteiger charge is -2.31. The van der Waals surface area contributed by atoms with Crippen LogP contribution in [0.25, 0.3) is 0 Å². The summed E-state index contributed by atoms with van der Waals surface area (Å²) in [6.45, 7) is 0.619. The van der Waals surface area contributed by atoms with Gasteiger partial charge in [0.1, 0.15) is 6.07 Å². The second-order valence-electron chi connectivity index (χ2n) is 3.12. The molecule has 0 spiro atoms. The summed E-state index contributed by atoms with van der Waals surface area (Å²) < 4.78 is 13.3. The first-order valence-corrected chi connectivity index (χ1v) is 4.18. The van der Waals surface area contributed by atoms with Gasteiger partial charge in [0.15, 0.2) is 5.67 Å². The Bertz CT molecular complexity index is 240.